The summed E-state index contributed by atoms with van der Waals surface area (Å²) < 4.78 is 0. The third-order valence-electron chi connectivity index (χ3n) is 6.28. The topological polar surface area (TPSA) is 87.6 Å². The molecule has 4 unspecified atom stereocenters. The van der Waals surface area contributed by atoms with Gasteiger partial charge in [-0.25, -0.2) is 9.78 Å². The Labute approximate surface area is 200 Å². The van der Waals surface area contributed by atoms with Crippen molar-refractivity contribution in [3.8, 4) is 11.3 Å². The summed E-state index contributed by atoms with van der Waals surface area (Å²) in [7, 11) is 0. The molecule has 32 heavy (non-hydrogen) atoms. The summed E-state index contributed by atoms with van der Waals surface area (Å²) in [6, 6.07) is 15.6. The maximum atomic E-state index is 13.0. The highest BCUT2D eigenvalue weighted by Gasteiger charge is 2.52. The number of carbonyl (C=O) groups is 3. The predicted octanol–water partition coefficient (Wildman–Crippen LogP) is 5.03. The maximum absolute atomic E-state index is 13.0. The van der Waals surface area contributed by atoms with Crippen molar-refractivity contribution in [3.05, 3.63) is 60.2 Å². The zero-order chi connectivity index (χ0) is 22.6. The highest BCUT2D eigenvalue weighted by Crippen LogP contribution is 2.44. The van der Waals surface area contributed by atoms with E-state index in [-0.39, 0.29) is 38.9 Å². The van der Waals surface area contributed by atoms with Crippen LogP contribution in [-0.2, 0) is 9.59 Å². The van der Waals surface area contributed by atoms with Crippen LogP contribution in [0.25, 0.3) is 22.2 Å². The fraction of sp³-hybridized carbons (Fsp3) is 0.250. The number of imide groups is 1. The van der Waals surface area contributed by atoms with Gasteiger partial charge in [-0.15, -0.1) is 0 Å². The zero-order valence-electron chi connectivity index (χ0n) is 16.7. The average molecular weight is 558 g/mol. The molecule has 1 saturated heterocycles. The minimum atomic E-state index is -1.02. The van der Waals surface area contributed by atoms with Crippen LogP contribution in [0.1, 0.15) is 23.2 Å². The third-order valence-corrected chi connectivity index (χ3v) is 9.01. The summed E-state index contributed by atoms with van der Waals surface area (Å²) in [4.78, 5) is 44.0. The van der Waals surface area contributed by atoms with E-state index in [0.29, 0.717) is 40.7 Å². The lowest BCUT2D eigenvalue weighted by Gasteiger charge is -2.29. The molecule has 2 aliphatic rings. The Kier molecular flexibility index (Phi) is 5.37. The monoisotopic (exact) mass is 556 g/mol. The van der Waals surface area contributed by atoms with Crippen LogP contribution in [0.3, 0.4) is 0 Å². The number of pyridine rings is 1. The number of halogens is 2. The summed E-state index contributed by atoms with van der Waals surface area (Å²) in [5.74, 6) is -1.95. The number of amides is 2. The van der Waals surface area contributed by atoms with Gasteiger partial charge in [-0.05, 0) is 37.1 Å². The number of rotatable bonds is 3. The molecule has 1 N–H and O–H groups in total. The molecule has 2 heterocycles. The van der Waals surface area contributed by atoms with Crippen molar-refractivity contribution in [2.45, 2.75) is 22.5 Å². The van der Waals surface area contributed by atoms with Gasteiger partial charge in [0.15, 0.2) is 0 Å². The number of para-hydroxylation sites is 1. The van der Waals surface area contributed by atoms with Gasteiger partial charge in [-0.2, -0.15) is 0 Å². The number of alkyl halides is 2. The number of carboxylic acid groups (broad SMARTS) is 1. The molecule has 1 aliphatic heterocycles. The predicted molar refractivity (Wildman–Crippen MR) is 128 cm³/mol. The zero-order valence-corrected chi connectivity index (χ0v) is 19.9. The summed E-state index contributed by atoms with van der Waals surface area (Å²) in [5.41, 5.74) is 2.52. The number of fused-ring (bicyclic) bond motifs is 2. The minimum absolute atomic E-state index is 0.158. The lowest BCUT2D eigenvalue weighted by atomic mass is 9.81. The summed E-state index contributed by atoms with van der Waals surface area (Å²) >= 11 is 7.21. The lowest BCUT2D eigenvalue weighted by molar-refractivity contribution is -0.122. The van der Waals surface area contributed by atoms with E-state index in [0.717, 1.165) is 0 Å². The van der Waals surface area contributed by atoms with Crippen LogP contribution in [0, 0.1) is 11.8 Å². The number of carbonyl (C=O) groups excluding carboxylic acids is 2. The Morgan fingerprint density at radius 1 is 0.938 bits per heavy atom. The Balaban J connectivity index is 1.48. The first-order valence-corrected chi connectivity index (χ1v) is 12.1. The molecule has 8 heteroatoms. The van der Waals surface area contributed by atoms with Crippen molar-refractivity contribution in [2.24, 2.45) is 11.8 Å². The smallest absolute Gasteiger partial charge is 0.336 e. The molecule has 0 radical (unpaired) electrons. The van der Waals surface area contributed by atoms with Gasteiger partial charge in [0.25, 0.3) is 0 Å². The second kappa shape index (κ2) is 8.08. The molecule has 1 saturated carbocycles. The lowest BCUT2D eigenvalue weighted by Crippen LogP contribution is -2.34. The van der Waals surface area contributed by atoms with E-state index in [4.69, 9.17) is 0 Å². The molecule has 2 fully saturated rings. The Morgan fingerprint density at radius 3 is 2.12 bits per heavy atom. The fourth-order valence-electron chi connectivity index (χ4n) is 4.63. The Hall–Kier alpha value is -2.58. The second-order valence-corrected chi connectivity index (χ2v) is 10.5. The van der Waals surface area contributed by atoms with Crippen molar-refractivity contribution >= 4 is 66.2 Å². The molecule has 5 rings (SSSR count). The van der Waals surface area contributed by atoms with E-state index >= 15 is 0 Å². The van der Waals surface area contributed by atoms with Gasteiger partial charge in [0.2, 0.25) is 11.8 Å². The summed E-state index contributed by atoms with van der Waals surface area (Å²) in [6.45, 7) is 0. The first-order chi connectivity index (χ1) is 15.3. The Morgan fingerprint density at radius 2 is 1.53 bits per heavy atom. The molecule has 162 valence electrons. The standard InChI is InChI=1S/C24H18Br2N2O4/c25-18-9-15-16(10-19(18)26)23(30)28(22(15)29)13-7-5-12(6-8-13)21-11-17(24(31)32)14-3-1-2-4-20(14)27-21/h1-8,11,15-16,18-19H,9-10H2,(H,31,32). The molecule has 3 aromatic rings. The molecular formula is C24H18Br2N2O4. The van der Waals surface area contributed by atoms with E-state index in [1.165, 1.54) is 4.90 Å². The van der Waals surface area contributed by atoms with Crippen LogP contribution in [0.5, 0.6) is 0 Å². The number of benzene rings is 2. The first-order valence-electron chi connectivity index (χ1n) is 10.2. The maximum Gasteiger partial charge on any atom is 0.336 e. The van der Waals surface area contributed by atoms with Crippen molar-refractivity contribution in [3.63, 3.8) is 0 Å². The van der Waals surface area contributed by atoms with Crippen LogP contribution in [-0.4, -0.2) is 37.5 Å². The molecule has 0 spiro atoms. The quantitative estimate of drug-likeness (QED) is 0.360. The average Bonchev–Trinajstić information content (AvgIpc) is 3.02. The van der Waals surface area contributed by atoms with Crippen molar-refractivity contribution in [1.29, 1.82) is 0 Å². The molecule has 0 bridgehead atoms. The fourth-order valence-corrected chi connectivity index (χ4v) is 5.87. The van der Waals surface area contributed by atoms with E-state index in [1.807, 2.05) is 6.07 Å². The SMILES string of the molecule is O=C(O)c1cc(-c2ccc(N3C(=O)C4CC(Br)C(Br)CC4C3=O)cc2)nc2ccccc12. The van der Waals surface area contributed by atoms with Gasteiger partial charge < -0.3 is 5.11 Å². The highest BCUT2D eigenvalue weighted by atomic mass is 79.9. The van der Waals surface area contributed by atoms with Crippen LogP contribution in [0.2, 0.25) is 0 Å². The van der Waals surface area contributed by atoms with Gasteiger partial charge >= 0.3 is 5.97 Å². The van der Waals surface area contributed by atoms with Crippen LogP contribution in [0.15, 0.2) is 54.6 Å². The number of anilines is 1. The number of hydrogen-bond acceptors (Lipinski definition) is 4. The van der Waals surface area contributed by atoms with Gasteiger partial charge in [0.1, 0.15) is 0 Å². The molecule has 1 aromatic heterocycles. The van der Waals surface area contributed by atoms with Gasteiger partial charge in [-0.3, -0.25) is 14.5 Å². The van der Waals surface area contributed by atoms with Gasteiger partial charge in [0, 0.05) is 20.6 Å². The molecule has 2 aromatic carbocycles. The molecule has 4 atom stereocenters. The number of aromatic carboxylic acids is 1. The molecule has 6 nitrogen and oxygen atoms in total. The van der Waals surface area contributed by atoms with E-state index in [9.17, 15) is 19.5 Å². The second-order valence-electron chi connectivity index (χ2n) is 8.15. The molecule has 1 aliphatic carbocycles. The minimum Gasteiger partial charge on any atom is -0.478 e. The van der Waals surface area contributed by atoms with Gasteiger partial charge in [0.05, 0.1) is 34.3 Å². The Bertz CT molecular complexity index is 1230. The van der Waals surface area contributed by atoms with E-state index < -0.39 is 5.97 Å². The first kappa shape index (κ1) is 21.3. The number of aromatic nitrogens is 1. The van der Waals surface area contributed by atoms with Gasteiger partial charge in [-0.1, -0.05) is 62.2 Å². The van der Waals surface area contributed by atoms with Crippen molar-refractivity contribution < 1.29 is 19.5 Å². The number of nitrogens with zero attached hydrogens (tertiary/aromatic N) is 2. The third kappa shape index (κ3) is 3.46. The van der Waals surface area contributed by atoms with Crippen molar-refractivity contribution in [1.82, 2.24) is 4.98 Å². The normalized spacial score (nSPS) is 25.2. The van der Waals surface area contributed by atoms with Crippen LogP contribution >= 0.6 is 31.9 Å². The largest absolute Gasteiger partial charge is 0.478 e. The molecule has 2 amide bonds. The van der Waals surface area contributed by atoms with Crippen molar-refractivity contribution in [2.75, 3.05) is 4.90 Å². The van der Waals surface area contributed by atoms with E-state index in [1.54, 1.807) is 48.5 Å². The highest BCUT2D eigenvalue weighted by molar-refractivity contribution is 9.12. The number of carboxylic acids is 1. The number of hydrogen-bond donors (Lipinski definition) is 1. The van der Waals surface area contributed by atoms with Crippen LogP contribution in [0.4, 0.5) is 5.69 Å². The van der Waals surface area contributed by atoms with Crippen LogP contribution < -0.4 is 4.90 Å². The summed E-state index contributed by atoms with van der Waals surface area (Å²) in [6.07, 6.45) is 1.25. The summed E-state index contributed by atoms with van der Waals surface area (Å²) in [5, 5.41) is 10.2. The molecular weight excluding hydrogens is 540 g/mol. The van der Waals surface area contributed by atoms with E-state index in [2.05, 4.69) is 36.8 Å².